The number of hydrogen-bond donors (Lipinski definition) is 0. The van der Waals surface area contributed by atoms with Crippen molar-refractivity contribution >= 4 is 49.8 Å². The Balaban J connectivity index is 1.01. The molecule has 4 aromatic heterocycles. The minimum Gasteiger partial charge on any atom is -0.317 e. The van der Waals surface area contributed by atoms with Crippen molar-refractivity contribution in [3.63, 3.8) is 0 Å². The highest BCUT2D eigenvalue weighted by Crippen LogP contribution is 2.40. The molecule has 0 saturated heterocycles. The Labute approximate surface area is 342 Å². The van der Waals surface area contributed by atoms with Crippen molar-refractivity contribution in [3.05, 3.63) is 225 Å². The first kappa shape index (κ1) is 34.2. The topological polar surface area (TPSA) is 38.9 Å². The van der Waals surface area contributed by atoms with Gasteiger partial charge in [-0.3, -0.25) is 9.97 Å². The second kappa shape index (κ2) is 14.5. The second-order valence-electron chi connectivity index (χ2n) is 14.8. The molecule has 0 radical (unpaired) electrons. The Hall–Kier alpha value is -8.02. The molecule has 7 aromatic carbocycles. The SMILES string of the molecule is c1ccc(-n2ccc3cc4c(cc32)c2cc(-c3ccc(N(c5ccc(-c6ccncc6)cc5)c5ccc(-c6ccccn6)cc5)cc3)ccc2n4-c2ccccc2)cc1. The van der Waals surface area contributed by atoms with Crippen LogP contribution in [0, 0.1) is 0 Å². The third-order valence-corrected chi connectivity index (χ3v) is 11.3. The average Bonchev–Trinajstić information content (AvgIpc) is 3.88. The fourth-order valence-corrected chi connectivity index (χ4v) is 8.41. The van der Waals surface area contributed by atoms with Crippen LogP contribution in [0.15, 0.2) is 225 Å². The van der Waals surface area contributed by atoms with E-state index in [1.54, 1.807) is 0 Å². The van der Waals surface area contributed by atoms with E-state index in [1.165, 1.54) is 38.3 Å². The van der Waals surface area contributed by atoms with Crippen molar-refractivity contribution in [2.24, 2.45) is 0 Å². The summed E-state index contributed by atoms with van der Waals surface area (Å²) in [6.07, 6.45) is 7.68. The summed E-state index contributed by atoms with van der Waals surface area (Å²) in [5.41, 5.74) is 15.7. The molecule has 0 aliphatic heterocycles. The fraction of sp³-hybridized carbons (Fsp3) is 0. The summed E-state index contributed by atoms with van der Waals surface area (Å²) in [5, 5.41) is 3.65. The van der Waals surface area contributed by atoms with Gasteiger partial charge in [-0.25, -0.2) is 0 Å². The third kappa shape index (κ3) is 6.22. The van der Waals surface area contributed by atoms with Crippen LogP contribution >= 0.6 is 0 Å². The van der Waals surface area contributed by atoms with Gasteiger partial charge in [0.05, 0.1) is 22.2 Å². The zero-order valence-electron chi connectivity index (χ0n) is 32.1. The van der Waals surface area contributed by atoms with E-state index < -0.39 is 0 Å². The van der Waals surface area contributed by atoms with Gasteiger partial charge in [0.2, 0.25) is 0 Å². The zero-order valence-corrected chi connectivity index (χ0v) is 32.1. The van der Waals surface area contributed by atoms with E-state index in [9.17, 15) is 0 Å². The summed E-state index contributed by atoms with van der Waals surface area (Å²) in [4.78, 5) is 11.1. The first-order chi connectivity index (χ1) is 29.2. The van der Waals surface area contributed by atoms with Crippen LogP contribution in [0.1, 0.15) is 0 Å². The second-order valence-corrected chi connectivity index (χ2v) is 14.8. The number of anilines is 3. The lowest BCUT2D eigenvalue weighted by atomic mass is 10.0. The van der Waals surface area contributed by atoms with E-state index in [2.05, 4.69) is 200 Å². The van der Waals surface area contributed by atoms with E-state index in [4.69, 9.17) is 0 Å². The standard InChI is InChI=1S/C54H37N5/c1-3-9-44(10-4-1)57-34-30-43-36-54-50(37-53(43)57)49-35-42(20-27-52(49)59(54)45-11-5-2-6-12-45)39-16-23-47(24-17-39)58(46-21-14-38(15-22-46)40-28-32-55-33-29-40)48-25-18-41(19-26-48)51-13-7-8-31-56-51/h1-37H. The molecular weight excluding hydrogens is 719 g/mol. The van der Waals surface area contributed by atoms with Gasteiger partial charge in [0.25, 0.3) is 0 Å². The Morgan fingerprint density at radius 1 is 0.373 bits per heavy atom. The van der Waals surface area contributed by atoms with Crippen molar-refractivity contribution in [1.29, 1.82) is 0 Å². The number of fused-ring (bicyclic) bond motifs is 4. The molecule has 0 fully saturated rings. The van der Waals surface area contributed by atoms with Gasteiger partial charge in [-0.1, -0.05) is 84.9 Å². The molecule has 59 heavy (non-hydrogen) atoms. The van der Waals surface area contributed by atoms with Crippen LogP contribution in [0.4, 0.5) is 17.1 Å². The Morgan fingerprint density at radius 3 is 1.58 bits per heavy atom. The molecule has 0 spiro atoms. The molecule has 0 N–H and O–H groups in total. The minimum absolute atomic E-state index is 0.954. The smallest absolute Gasteiger partial charge is 0.0701 e. The number of para-hydroxylation sites is 2. The predicted octanol–water partition coefficient (Wildman–Crippen LogP) is 14.0. The van der Waals surface area contributed by atoms with Crippen LogP contribution in [0.3, 0.4) is 0 Å². The predicted molar refractivity (Wildman–Crippen MR) is 244 cm³/mol. The first-order valence-electron chi connectivity index (χ1n) is 19.9. The molecule has 0 saturated carbocycles. The highest BCUT2D eigenvalue weighted by molar-refractivity contribution is 6.14. The summed E-state index contributed by atoms with van der Waals surface area (Å²) in [6, 6.07) is 71.5. The highest BCUT2D eigenvalue weighted by Gasteiger charge is 2.18. The van der Waals surface area contributed by atoms with Crippen molar-refractivity contribution in [2.45, 2.75) is 0 Å². The molecular formula is C54H37N5. The molecule has 0 aliphatic rings. The van der Waals surface area contributed by atoms with Crippen molar-refractivity contribution in [1.82, 2.24) is 19.1 Å². The summed E-state index contributed by atoms with van der Waals surface area (Å²) in [7, 11) is 0. The maximum atomic E-state index is 4.58. The Morgan fingerprint density at radius 2 is 0.932 bits per heavy atom. The lowest BCUT2D eigenvalue weighted by Gasteiger charge is -2.26. The maximum absolute atomic E-state index is 4.58. The summed E-state index contributed by atoms with van der Waals surface area (Å²) in [5.74, 6) is 0. The largest absolute Gasteiger partial charge is 0.317 e. The number of hydrogen-bond acceptors (Lipinski definition) is 3. The monoisotopic (exact) mass is 755 g/mol. The highest BCUT2D eigenvalue weighted by atomic mass is 15.1. The molecule has 5 heteroatoms. The zero-order chi connectivity index (χ0) is 39.1. The first-order valence-corrected chi connectivity index (χ1v) is 19.9. The Kier molecular flexibility index (Phi) is 8.41. The van der Waals surface area contributed by atoms with Crippen LogP contribution in [-0.4, -0.2) is 19.1 Å². The van der Waals surface area contributed by atoms with Gasteiger partial charge in [-0.05, 0) is 138 Å². The lowest BCUT2D eigenvalue weighted by molar-refractivity contribution is 1.13. The van der Waals surface area contributed by atoms with E-state index in [-0.39, 0.29) is 0 Å². The van der Waals surface area contributed by atoms with Crippen molar-refractivity contribution < 1.29 is 0 Å². The molecule has 0 unspecified atom stereocenters. The van der Waals surface area contributed by atoms with Crippen LogP contribution < -0.4 is 4.90 Å². The fourth-order valence-electron chi connectivity index (χ4n) is 8.41. The number of benzene rings is 7. The number of nitrogens with zero attached hydrogens (tertiary/aromatic N) is 5. The maximum Gasteiger partial charge on any atom is 0.0701 e. The molecule has 0 amide bonds. The summed E-state index contributed by atoms with van der Waals surface area (Å²) in [6.45, 7) is 0. The van der Waals surface area contributed by atoms with Gasteiger partial charge < -0.3 is 14.0 Å². The van der Waals surface area contributed by atoms with Crippen LogP contribution in [0.5, 0.6) is 0 Å². The Bertz CT molecular complexity index is 3130. The average molecular weight is 756 g/mol. The lowest BCUT2D eigenvalue weighted by Crippen LogP contribution is -2.09. The molecule has 0 bridgehead atoms. The molecule has 11 rings (SSSR count). The van der Waals surface area contributed by atoms with E-state index in [1.807, 2.05) is 48.9 Å². The molecule has 0 aliphatic carbocycles. The van der Waals surface area contributed by atoms with E-state index in [0.717, 1.165) is 56.4 Å². The number of rotatable bonds is 8. The minimum atomic E-state index is 0.954. The summed E-state index contributed by atoms with van der Waals surface area (Å²) >= 11 is 0. The van der Waals surface area contributed by atoms with Gasteiger partial charge in [-0.15, -0.1) is 0 Å². The van der Waals surface area contributed by atoms with Crippen LogP contribution in [0.2, 0.25) is 0 Å². The third-order valence-electron chi connectivity index (χ3n) is 11.3. The van der Waals surface area contributed by atoms with E-state index >= 15 is 0 Å². The van der Waals surface area contributed by atoms with Gasteiger partial charge in [-0.2, -0.15) is 0 Å². The molecule has 278 valence electrons. The number of pyridine rings is 2. The summed E-state index contributed by atoms with van der Waals surface area (Å²) < 4.78 is 4.68. The quantitative estimate of drug-likeness (QED) is 0.155. The van der Waals surface area contributed by atoms with Crippen molar-refractivity contribution in [3.8, 4) is 44.9 Å². The van der Waals surface area contributed by atoms with Gasteiger partial charge >= 0.3 is 0 Å². The van der Waals surface area contributed by atoms with Gasteiger partial charge in [0, 0.05) is 74.9 Å². The molecule has 4 heterocycles. The normalized spacial score (nSPS) is 11.4. The van der Waals surface area contributed by atoms with Crippen LogP contribution in [0.25, 0.3) is 77.6 Å². The van der Waals surface area contributed by atoms with Crippen LogP contribution in [-0.2, 0) is 0 Å². The number of aromatic nitrogens is 4. The molecule has 0 atom stereocenters. The molecule has 11 aromatic rings. The molecule has 5 nitrogen and oxygen atoms in total. The van der Waals surface area contributed by atoms with Gasteiger partial charge in [0.1, 0.15) is 0 Å². The van der Waals surface area contributed by atoms with Crippen molar-refractivity contribution in [2.75, 3.05) is 4.90 Å². The van der Waals surface area contributed by atoms with Gasteiger partial charge in [0.15, 0.2) is 0 Å². The van der Waals surface area contributed by atoms with E-state index in [0.29, 0.717) is 0 Å².